The molecule has 0 aromatic rings. The highest BCUT2D eigenvalue weighted by molar-refractivity contribution is 4.54. The number of hydrogen-bond donors (Lipinski definition) is 4. The summed E-state index contributed by atoms with van der Waals surface area (Å²) in [5.74, 6) is 0. The fourth-order valence-corrected chi connectivity index (χ4v) is 3.13. The van der Waals surface area contributed by atoms with Crippen LogP contribution >= 0.6 is 0 Å². The standard InChI is InChI=1S/C21H48N4/c22-16-10-4-1-6-12-18-24-20-14-8-3-9-15-21-25-19-13-7-2-5-11-17-23/h24-25H,1-23H2. The Morgan fingerprint density at radius 2 is 0.560 bits per heavy atom. The van der Waals surface area contributed by atoms with Gasteiger partial charge in [0, 0.05) is 0 Å². The van der Waals surface area contributed by atoms with Gasteiger partial charge >= 0.3 is 0 Å². The lowest BCUT2D eigenvalue weighted by atomic mass is 10.1. The summed E-state index contributed by atoms with van der Waals surface area (Å²) in [5.41, 5.74) is 11.0. The third kappa shape index (κ3) is 23.8. The van der Waals surface area contributed by atoms with Crippen molar-refractivity contribution in [3.63, 3.8) is 0 Å². The minimum Gasteiger partial charge on any atom is -0.330 e. The minimum absolute atomic E-state index is 0.851. The molecule has 0 rings (SSSR count). The van der Waals surface area contributed by atoms with Gasteiger partial charge in [-0.15, -0.1) is 0 Å². The summed E-state index contributed by atoms with van der Waals surface area (Å²) >= 11 is 0. The van der Waals surface area contributed by atoms with Gasteiger partial charge in [0.2, 0.25) is 0 Å². The fourth-order valence-electron chi connectivity index (χ4n) is 3.13. The zero-order valence-corrected chi connectivity index (χ0v) is 17.0. The molecule has 0 aromatic carbocycles. The van der Waals surface area contributed by atoms with Crippen LogP contribution in [0.2, 0.25) is 0 Å². The molecular formula is C21H48N4. The van der Waals surface area contributed by atoms with Crippen molar-refractivity contribution in [2.75, 3.05) is 39.3 Å². The maximum Gasteiger partial charge on any atom is -0.00489 e. The predicted molar refractivity (Wildman–Crippen MR) is 113 cm³/mol. The second kappa shape index (κ2) is 23.8. The van der Waals surface area contributed by atoms with Crippen molar-refractivity contribution in [3.8, 4) is 0 Å². The fraction of sp³-hybridized carbons (Fsp3) is 1.00. The molecule has 0 unspecified atom stereocenters. The molecule has 0 aliphatic carbocycles. The van der Waals surface area contributed by atoms with E-state index in [1.54, 1.807) is 0 Å². The molecule has 4 nitrogen and oxygen atoms in total. The SMILES string of the molecule is NCCCCCCCNCCCCCCCNCCCCCCCN. The Kier molecular flexibility index (Phi) is 23.7. The highest BCUT2D eigenvalue weighted by Crippen LogP contribution is 2.04. The van der Waals surface area contributed by atoms with E-state index in [1.165, 1.54) is 122 Å². The summed E-state index contributed by atoms with van der Waals surface area (Å²) in [6.07, 6.45) is 19.9. The summed E-state index contributed by atoms with van der Waals surface area (Å²) in [5, 5.41) is 7.15. The monoisotopic (exact) mass is 356 g/mol. The molecule has 4 heteroatoms. The smallest absolute Gasteiger partial charge is 0.00489 e. The van der Waals surface area contributed by atoms with Crippen LogP contribution in [-0.2, 0) is 0 Å². The number of unbranched alkanes of at least 4 members (excludes halogenated alkanes) is 12. The summed E-state index contributed by atoms with van der Waals surface area (Å²) in [4.78, 5) is 0. The maximum atomic E-state index is 5.49. The molecule has 0 saturated heterocycles. The van der Waals surface area contributed by atoms with Crippen molar-refractivity contribution in [1.82, 2.24) is 10.6 Å². The van der Waals surface area contributed by atoms with Crippen molar-refractivity contribution >= 4 is 0 Å². The topological polar surface area (TPSA) is 76.1 Å². The van der Waals surface area contributed by atoms with E-state index >= 15 is 0 Å². The molecule has 0 saturated carbocycles. The quantitative estimate of drug-likeness (QED) is 0.222. The molecule has 0 aromatic heterocycles. The minimum atomic E-state index is 0.851. The molecule has 0 aliphatic heterocycles. The van der Waals surface area contributed by atoms with Crippen LogP contribution in [0.3, 0.4) is 0 Å². The van der Waals surface area contributed by atoms with Gasteiger partial charge in [0.15, 0.2) is 0 Å². The zero-order chi connectivity index (χ0) is 18.3. The number of nitrogens with one attached hydrogen (secondary N) is 2. The molecule has 0 atom stereocenters. The van der Waals surface area contributed by atoms with Gasteiger partial charge in [-0.2, -0.15) is 0 Å². The van der Waals surface area contributed by atoms with Crippen molar-refractivity contribution in [1.29, 1.82) is 0 Å². The Hall–Kier alpha value is -0.160. The average Bonchev–Trinajstić information content (AvgIpc) is 2.63. The van der Waals surface area contributed by atoms with Crippen molar-refractivity contribution < 1.29 is 0 Å². The van der Waals surface area contributed by atoms with E-state index in [-0.39, 0.29) is 0 Å². The summed E-state index contributed by atoms with van der Waals surface area (Å²) in [6, 6.07) is 0. The third-order valence-corrected chi connectivity index (χ3v) is 4.82. The van der Waals surface area contributed by atoms with Gasteiger partial charge in [0.25, 0.3) is 0 Å². The van der Waals surface area contributed by atoms with Crippen LogP contribution in [0.5, 0.6) is 0 Å². The van der Waals surface area contributed by atoms with Gasteiger partial charge in [-0.1, -0.05) is 57.8 Å². The largest absolute Gasteiger partial charge is 0.330 e. The molecule has 0 fully saturated rings. The van der Waals surface area contributed by atoms with Gasteiger partial charge in [0.1, 0.15) is 0 Å². The van der Waals surface area contributed by atoms with E-state index in [0.717, 1.165) is 13.1 Å². The van der Waals surface area contributed by atoms with Gasteiger partial charge < -0.3 is 22.1 Å². The first-order chi connectivity index (χ1) is 12.4. The van der Waals surface area contributed by atoms with Crippen LogP contribution in [0, 0.1) is 0 Å². The Morgan fingerprint density at radius 1 is 0.320 bits per heavy atom. The Labute approximate surface area is 158 Å². The molecule has 0 aliphatic rings. The van der Waals surface area contributed by atoms with E-state index in [9.17, 15) is 0 Å². The lowest BCUT2D eigenvalue weighted by Crippen LogP contribution is -2.17. The first-order valence-corrected chi connectivity index (χ1v) is 11.2. The van der Waals surface area contributed by atoms with E-state index in [2.05, 4.69) is 10.6 Å². The molecule has 0 radical (unpaired) electrons. The van der Waals surface area contributed by atoms with Crippen LogP contribution in [0.15, 0.2) is 0 Å². The Balaban J connectivity index is 2.94. The number of rotatable bonds is 22. The first kappa shape index (κ1) is 24.8. The van der Waals surface area contributed by atoms with Gasteiger partial charge in [-0.25, -0.2) is 0 Å². The van der Waals surface area contributed by atoms with Gasteiger partial charge in [-0.05, 0) is 77.8 Å². The zero-order valence-electron chi connectivity index (χ0n) is 17.0. The van der Waals surface area contributed by atoms with E-state index in [0.29, 0.717) is 0 Å². The van der Waals surface area contributed by atoms with Crippen molar-refractivity contribution in [2.24, 2.45) is 11.5 Å². The maximum absolute atomic E-state index is 5.49. The number of hydrogen-bond acceptors (Lipinski definition) is 4. The first-order valence-electron chi connectivity index (χ1n) is 11.2. The molecule has 0 heterocycles. The Bertz CT molecular complexity index is 202. The van der Waals surface area contributed by atoms with Crippen molar-refractivity contribution in [3.05, 3.63) is 0 Å². The van der Waals surface area contributed by atoms with Crippen LogP contribution < -0.4 is 22.1 Å². The van der Waals surface area contributed by atoms with E-state index in [4.69, 9.17) is 11.5 Å². The second-order valence-corrected chi connectivity index (χ2v) is 7.38. The molecule has 6 N–H and O–H groups in total. The van der Waals surface area contributed by atoms with Crippen LogP contribution in [0.25, 0.3) is 0 Å². The van der Waals surface area contributed by atoms with Crippen LogP contribution in [-0.4, -0.2) is 39.3 Å². The highest BCUT2D eigenvalue weighted by atomic mass is 14.8. The Morgan fingerprint density at radius 3 is 0.840 bits per heavy atom. The molecule has 25 heavy (non-hydrogen) atoms. The summed E-state index contributed by atoms with van der Waals surface area (Å²) in [7, 11) is 0. The number of nitrogens with two attached hydrogens (primary N) is 2. The van der Waals surface area contributed by atoms with Gasteiger partial charge in [0.05, 0.1) is 0 Å². The molecule has 0 spiro atoms. The third-order valence-electron chi connectivity index (χ3n) is 4.82. The summed E-state index contributed by atoms with van der Waals surface area (Å²) < 4.78 is 0. The summed E-state index contributed by atoms with van der Waals surface area (Å²) in [6.45, 7) is 6.49. The van der Waals surface area contributed by atoms with Gasteiger partial charge in [-0.3, -0.25) is 0 Å². The molecule has 0 bridgehead atoms. The lowest BCUT2D eigenvalue weighted by Gasteiger charge is -2.06. The molecule has 0 amide bonds. The van der Waals surface area contributed by atoms with Crippen molar-refractivity contribution in [2.45, 2.75) is 96.3 Å². The van der Waals surface area contributed by atoms with E-state index < -0.39 is 0 Å². The second-order valence-electron chi connectivity index (χ2n) is 7.38. The van der Waals surface area contributed by atoms with Crippen LogP contribution in [0.1, 0.15) is 96.3 Å². The predicted octanol–water partition coefficient (Wildman–Crippen LogP) is 3.93. The lowest BCUT2D eigenvalue weighted by molar-refractivity contribution is 0.531. The normalized spacial score (nSPS) is 11.3. The van der Waals surface area contributed by atoms with Crippen LogP contribution in [0.4, 0.5) is 0 Å². The molecular weight excluding hydrogens is 308 g/mol. The van der Waals surface area contributed by atoms with E-state index in [1.807, 2.05) is 0 Å². The molecule has 152 valence electrons. The average molecular weight is 357 g/mol. The highest BCUT2D eigenvalue weighted by Gasteiger charge is 1.94.